The second-order valence-corrected chi connectivity index (χ2v) is 6.59. The summed E-state index contributed by atoms with van der Waals surface area (Å²) in [7, 11) is 0. The molecule has 1 aliphatic heterocycles. The first-order valence-electron chi connectivity index (χ1n) is 8.09. The topological polar surface area (TPSA) is 18.5 Å². The molecule has 3 unspecified atom stereocenters. The zero-order chi connectivity index (χ0) is 13.9. The van der Waals surface area contributed by atoms with E-state index in [0.29, 0.717) is 5.92 Å². The summed E-state index contributed by atoms with van der Waals surface area (Å²) in [5.41, 5.74) is 0. The maximum absolute atomic E-state index is 6.07. The van der Waals surface area contributed by atoms with Crippen LogP contribution in [0.5, 0.6) is 0 Å². The number of hydrogen-bond acceptors (Lipinski definition) is 2. The lowest BCUT2D eigenvalue weighted by molar-refractivity contribution is -0.121. The Kier molecular flexibility index (Phi) is 9.93. The molecule has 1 fully saturated rings. The standard InChI is InChI=1S/C16H31ClO2/c1-3-4-5-6-8-15(11-10-14(2)17)13-19-16-9-7-12-18-16/h14-16H,3-13H2,1-2H3. The minimum Gasteiger partial charge on any atom is -0.353 e. The molecule has 0 aromatic rings. The van der Waals surface area contributed by atoms with Gasteiger partial charge in [-0.2, -0.15) is 0 Å². The monoisotopic (exact) mass is 290 g/mol. The van der Waals surface area contributed by atoms with Gasteiger partial charge in [-0.3, -0.25) is 0 Å². The predicted molar refractivity (Wildman–Crippen MR) is 81.7 cm³/mol. The molecule has 1 heterocycles. The first kappa shape index (κ1) is 17.3. The Balaban J connectivity index is 2.17. The van der Waals surface area contributed by atoms with Gasteiger partial charge in [-0.15, -0.1) is 11.6 Å². The quantitative estimate of drug-likeness (QED) is 0.388. The molecule has 0 N–H and O–H groups in total. The summed E-state index contributed by atoms with van der Waals surface area (Å²) in [4.78, 5) is 0. The van der Waals surface area contributed by atoms with Gasteiger partial charge < -0.3 is 9.47 Å². The smallest absolute Gasteiger partial charge is 0.157 e. The second kappa shape index (κ2) is 10.9. The zero-order valence-electron chi connectivity index (χ0n) is 12.7. The Hall–Kier alpha value is 0.210. The van der Waals surface area contributed by atoms with Crippen LogP contribution in [-0.4, -0.2) is 24.9 Å². The average Bonchev–Trinajstić information content (AvgIpc) is 2.89. The van der Waals surface area contributed by atoms with Gasteiger partial charge in [-0.05, 0) is 38.5 Å². The summed E-state index contributed by atoms with van der Waals surface area (Å²) < 4.78 is 11.4. The normalized spacial score (nSPS) is 22.6. The van der Waals surface area contributed by atoms with Gasteiger partial charge in [0.2, 0.25) is 0 Å². The molecule has 0 amide bonds. The van der Waals surface area contributed by atoms with Crippen molar-refractivity contribution in [3.05, 3.63) is 0 Å². The van der Waals surface area contributed by atoms with Crippen LogP contribution in [0.3, 0.4) is 0 Å². The van der Waals surface area contributed by atoms with Crippen LogP contribution in [0.15, 0.2) is 0 Å². The van der Waals surface area contributed by atoms with Crippen molar-refractivity contribution in [1.29, 1.82) is 0 Å². The van der Waals surface area contributed by atoms with Crippen molar-refractivity contribution in [1.82, 2.24) is 0 Å². The molecule has 3 atom stereocenters. The maximum atomic E-state index is 6.07. The van der Waals surface area contributed by atoms with E-state index in [0.717, 1.165) is 32.5 Å². The minimum atomic E-state index is 0.0616. The fraction of sp³-hybridized carbons (Fsp3) is 1.00. The summed E-state index contributed by atoms with van der Waals surface area (Å²) in [5, 5.41) is 0.279. The van der Waals surface area contributed by atoms with Crippen molar-refractivity contribution in [2.45, 2.75) is 83.3 Å². The van der Waals surface area contributed by atoms with Crippen molar-refractivity contribution >= 4 is 11.6 Å². The van der Waals surface area contributed by atoms with Gasteiger partial charge in [0, 0.05) is 18.4 Å². The molecule has 0 radical (unpaired) electrons. The number of alkyl halides is 1. The summed E-state index contributed by atoms with van der Waals surface area (Å²) in [6, 6.07) is 0. The largest absolute Gasteiger partial charge is 0.353 e. The summed E-state index contributed by atoms with van der Waals surface area (Å²) in [6.45, 7) is 6.05. The SMILES string of the molecule is CCCCCCC(CCC(C)Cl)COC1CCCO1. The van der Waals surface area contributed by atoms with Gasteiger partial charge in [-0.1, -0.05) is 32.6 Å². The minimum absolute atomic E-state index is 0.0616. The van der Waals surface area contributed by atoms with Gasteiger partial charge in [0.1, 0.15) is 0 Å². The van der Waals surface area contributed by atoms with Gasteiger partial charge in [0.25, 0.3) is 0 Å². The van der Waals surface area contributed by atoms with E-state index < -0.39 is 0 Å². The maximum Gasteiger partial charge on any atom is 0.157 e. The Morgan fingerprint density at radius 2 is 2.05 bits per heavy atom. The highest BCUT2D eigenvalue weighted by molar-refractivity contribution is 6.20. The third-order valence-electron chi connectivity index (χ3n) is 3.84. The Labute approximate surface area is 124 Å². The van der Waals surface area contributed by atoms with E-state index in [1.807, 2.05) is 0 Å². The van der Waals surface area contributed by atoms with Crippen LogP contribution >= 0.6 is 11.6 Å². The molecule has 1 aliphatic rings. The number of ether oxygens (including phenoxy) is 2. The predicted octanol–water partition coefficient (Wildman–Crippen LogP) is 5.13. The Morgan fingerprint density at radius 1 is 1.21 bits per heavy atom. The number of halogens is 1. The lowest BCUT2D eigenvalue weighted by Gasteiger charge is -2.20. The van der Waals surface area contributed by atoms with Crippen LogP contribution < -0.4 is 0 Å². The highest BCUT2D eigenvalue weighted by Gasteiger charge is 2.18. The summed E-state index contributed by atoms with van der Waals surface area (Å²) >= 11 is 6.07. The van der Waals surface area contributed by atoms with Crippen molar-refractivity contribution in [3.8, 4) is 0 Å². The van der Waals surface area contributed by atoms with Gasteiger partial charge in [0.15, 0.2) is 6.29 Å². The van der Waals surface area contributed by atoms with Gasteiger partial charge >= 0.3 is 0 Å². The van der Waals surface area contributed by atoms with Gasteiger partial charge in [-0.25, -0.2) is 0 Å². The van der Waals surface area contributed by atoms with Crippen molar-refractivity contribution in [3.63, 3.8) is 0 Å². The van der Waals surface area contributed by atoms with E-state index in [4.69, 9.17) is 21.1 Å². The van der Waals surface area contributed by atoms with Crippen LogP contribution in [0.2, 0.25) is 0 Å². The fourth-order valence-corrected chi connectivity index (χ4v) is 2.69. The van der Waals surface area contributed by atoms with Crippen molar-refractivity contribution < 1.29 is 9.47 Å². The lowest BCUT2D eigenvalue weighted by atomic mass is 9.96. The number of unbranched alkanes of at least 4 members (excludes halogenated alkanes) is 3. The highest BCUT2D eigenvalue weighted by atomic mass is 35.5. The lowest BCUT2D eigenvalue weighted by Crippen LogP contribution is -2.18. The second-order valence-electron chi connectivity index (χ2n) is 5.85. The molecule has 0 aromatic heterocycles. The summed E-state index contributed by atoms with van der Waals surface area (Å²) in [6.07, 6.45) is 11.1. The van der Waals surface area contributed by atoms with E-state index in [9.17, 15) is 0 Å². The molecule has 0 aliphatic carbocycles. The third-order valence-corrected chi connectivity index (χ3v) is 4.06. The molecule has 0 saturated carbocycles. The Bertz CT molecular complexity index is 203. The summed E-state index contributed by atoms with van der Waals surface area (Å²) in [5.74, 6) is 0.655. The third kappa shape index (κ3) is 8.88. The fourth-order valence-electron chi connectivity index (χ4n) is 2.56. The first-order chi connectivity index (χ1) is 9.22. The van der Waals surface area contributed by atoms with Crippen LogP contribution in [0.1, 0.15) is 71.6 Å². The van der Waals surface area contributed by atoms with E-state index in [-0.39, 0.29) is 11.7 Å². The molecule has 0 aromatic carbocycles. The molecule has 19 heavy (non-hydrogen) atoms. The molecular weight excluding hydrogens is 260 g/mol. The van der Waals surface area contributed by atoms with Crippen LogP contribution in [0.25, 0.3) is 0 Å². The number of hydrogen-bond donors (Lipinski definition) is 0. The first-order valence-corrected chi connectivity index (χ1v) is 8.53. The van der Waals surface area contributed by atoms with Crippen LogP contribution in [0, 0.1) is 5.92 Å². The molecule has 3 heteroatoms. The van der Waals surface area contributed by atoms with Crippen LogP contribution in [-0.2, 0) is 9.47 Å². The molecule has 1 rings (SSSR count). The van der Waals surface area contributed by atoms with Gasteiger partial charge in [0.05, 0.1) is 6.61 Å². The van der Waals surface area contributed by atoms with Crippen molar-refractivity contribution in [2.75, 3.05) is 13.2 Å². The molecule has 2 nitrogen and oxygen atoms in total. The molecule has 1 saturated heterocycles. The van der Waals surface area contributed by atoms with Crippen molar-refractivity contribution in [2.24, 2.45) is 5.92 Å². The molecule has 114 valence electrons. The van der Waals surface area contributed by atoms with E-state index >= 15 is 0 Å². The Morgan fingerprint density at radius 3 is 2.68 bits per heavy atom. The molecule has 0 bridgehead atoms. The van der Waals surface area contributed by atoms with E-state index in [2.05, 4.69) is 13.8 Å². The highest BCUT2D eigenvalue weighted by Crippen LogP contribution is 2.22. The van der Waals surface area contributed by atoms with E-state index in [1.54, 1.807) is 0 Å². The van der Waals surface area contributed by atoms with E-state index in [1.165, 1.54) is 38.5 Å². The van der Waals surface area contributed by atoms with Crippen LogP contribution in [0.4, 0.5) is 0 Å². The zero-order valence-corrected chi connectivity index (χ0v) is 13.5. The average molecular weight is 291 g/mol. The molecular formula is C16H31ClO2. The molecule has 0 spiro atoms. The number of rotatable bonds is 11.